The Hall–Kier alpha value is -1.49. The van der Waals surface area contributed by atoms with Crippen LogP contribution in [0.15, 0.2) is 29.8 Å². The highest BCUT2D eigenvalue weighted by Crippen LogP contribution is 2.66. The van der Waals surface area contributed by atoms with Gasteiger partial charge in [0.2, 0.25) is 0 Å². The van der Waals surface area contributed by atoms with E-state index in [1.807, 2.05) is 0 Å². The van der Waals surface area contributed by atoms with Gasteiger partial charge in [0.25, 0.3) is 0 Å². The fourth-order valence-electron chi connectivity index (χ4n) is 4.62. The molecule has 3 rings (SSSR count). The van der Waals surface area contributed by atoms with Crippen LogP contribution in [0.1, 0.15) is 51.2 Å². The molecule has 0 aromatic heterocycles. The highest BCUT2D eigenvalue weighted by atomic mass is 16.3. The summed E-state index contributed by atoms with van der Waals surface area (Å²) in [7, 11) is 0. The molecule has 3 N–H and O–H groups in total. The molecule has 1 aromatic carbocycles. The highest BCUT2D eigenvalue weighted by Gasteiger charge is 2.63. The lowest BCUT2D eigenvalue weighted by Gasteiger charge is -2.34. The Balaban J connectivity index is 1.65. The number of fused-ring (bicyclic) bond motifs is 2. The maximum atomic E-state index is 12.8. The summed E-state index contributed by atoms with van der Waals surface area (Å²) in [4.78, 5) is 12.8. The number of hydrogen-bond donors (Lipinski definition) is 3. The molecule has 142 valence electrons. The normalized spacial score (nSPS) is 29.5. The summed E-state index contributed by atoms with van der Waals surface area (Å²) in [6.07, 6.45) is 4.11. The minimum absolute atomic E-state index is 0.0114. The molecule has 2 aliphatic carbocycles. The Labute approximate surface area is 156 Å². The minimum atomic E-state index is -0.651. The van der Waals surface area contributed by atoms with E-state index in [0.717, 1.165) is 36.1 Å². The summed E-state index contributed by atoms with van der Waals surface area (Å²) in [6, 6.07) is 8.30. The number of nitrogens with one attached hydrogen (secondary N) is 1. The Morgan fingerprint density at radius 1 is 1.27 bits per heavy atom. The van der Waals surface area contributed by atoms with Crippen molar-refractivity contribution in [1.29, 1.82) is 0 Å². The van der Waals surface area contributed by atoms with E-state index in [2.05, 4.69) is 56.4 Å². The maximum Gasteiger partial charge on any atom is 0.163 e. The number of carbonyl (C=O) groups is 1. The van der Waals surface area contributed by atoms with Gasteiger partial charge in [-0.2, -0.15) is 0 Å². The number of allylic oxidation sites excluding steroid dienone is 1. The van der Waals surface area contributed by atoms with Crippen LogP contribution in [0.2, 0.25) is 0 Å². The molecular weight excluding hydrogens is 326 g/mol. The largest absolute Gasteiger partial charge is 0.394 e. The molecule has 0 heterocycles. The molecule has 0 radical (unpaired) electrons. The standard InChI is InChI=1S/C22H31NO3/c1-21(2)18-8-10-22(21,3)19(20(18)26)12-15-4-6-16(7-5-15)13-23-11-9-17(25)14-24/h4-7,12,17-18,23-25H,8-11,13-14H2,1-3H3. The van der Waals surface area contributed by atoms with E-state index in [4.69, 9.17) is 5.11 Å². The number of aliphatic hydroxyl groups is 2. The van der Waals surface area contributed by atoms with Gasteiger partial charge in [0.1, 0.15) is 0 Å². The van der Waals surface area contributed by atoms with E-state index in [1.54, 1.807) is 0 Å². The lowest BCUT2D eigenvalue weighted by atomic mass is 9.69. The van der Waals surface area contributed by atoms with E-state index < -0.39 is 6.10 Å². The Morgan fingerprint density at radius 3 is 2.54 bits per heavy atom. The van der Waals surface area contributed by atoms with Crippen LogP contribution in [-0.4, -0.2) is 35.3 Å². The van der Waals surface area contributed by atoms with Crippen molar-refractivity contribution in [3.8, 4) is 0 Å². The molecule has 0 amide bonds. The summed E-state index contributed by atoms with van der Waals surface area (Å²) in [6.45, 7) is 7.93. The molecule has 2 saturated carbocycles. The third kappa shape index (κ3) is 3.26. The second-order valence-corrected chi connectivity index (χ2v) is 8.61. The van der Waals surface area contributed by atoms with E-state index in [1.165, 1.54) is 0 Å². The molecule has 4 nitrogen and oxygen atoms in total. The fourth-order valence-corrected chi connectivity index (χ4v) is 4.62. The Bertz CT molecular complexity index is 692. The van der Waals surface area contributed by atoms with Gasteiger partial charge in [0.05, 0.1) is 12.7 Å². The van der Waals surface area contributed by atoms with Gasteiger partial charge >= 0.3 is 0 Å². The molecule has 4 heteroatoms. The minimum Gasteiger partial charge on any atom is -0.394 e. The second-order valence-electron chi connectivity index (χ2n) is 8.61. The van der Waals surface area contributed by atoms with Gasteiger partial charge < -0.3 is 15.5 Å². The number of hydrogen-bond acceptors (Lipinski definition) is 4. The zero-order chi connectivity index (χ0) is 18.9. The monoisotopic (exact) mass is 357 g/mol. The van der Waals surface area contributed by atoms with Crippen LogP contribution in [0.5, 0.6) is 0 Å². The van der Waals surface area contributed by atoms with Gasteiger partial charge in [-0.3, -0.25) is 4.79 Å². The number of benzene rings is 1. The molecule has 0 spiro atoms. The van der Waals surface area contributed by atoms with E-state index in [-0.39, 0.29) is 23.4 Å². The summed E-state index contributed by atoms with van der Waals surface area (Å²) < 4.78 is 0. The van der Waals surface area contributed by atoms with E-state index in [9.17, 15) is 9.90 Å². The number of Topliss-reactive ketones (excluding diaryl/α,β-unsaturated/α-hetero) is 1. The molecule has 3 atom stereocenters. The predicted octanol–water partition coefficient (Wildman–Crippen LogP) is 2.93. The van der Waals surface area contributed by atoms with Crippen LogP contribution in [0.25, 0.3) is 6.08 Å². The first-order valence-corrected chi connectivity index (χ1v) is 9.64. The molecule has 3 unspecified atom stereocenters. The van der Waals surface area contributed by atoms with Gasteiger partial charge in [-0.1, -0.05) is 45.0 Å². The average molecular weight is 357 g/mol. The fraction of sp³-hybridized carbons (Fsp3) is 0.591. The average Bonchev–Trinajstić information content (AvgIpc) is 2.93. The zero-order valence-electron chi connectivity index (χ0n) is 16.1. The smallest absolute Gasteiger partial charge is 0.163 e. The number of aliphatic hydroxyl groups excluding tert-OH is 2. The third-order valence-corrected chi connectivity index (χ3v) is 6.89. The Kier molecular flexibility index (Phi) is 5.38. The lowest BCUT2D eigenvalue weighted by Crippen LogP contribution is -2.27. The topological polar surface area (TPSA) is 69.6 Å². The van der Waals surface area contributed by atoms with Crippen molar-refractivity contribution in [3.63, 3.8) is 0 Å². The van der Waals surface area contributed by atoms with Gasteiger partial charge in [0.15, 0.2) is 5.78 Å². The first-order valence-electron chi connectivity index (χ1n) is 9.64. The number of rotatable bonds is 7. The van der Waals surface area contributed by atoms with Crippen molar-refractivity contribution in [2.75, 3.05) is 13.2 Å². The van der Waals surface area contributed by atoms with Crippen molar-refractivity contribution in [3.05, 3.63) is 41.0 Å². The summed E-state index contributed by atoms with van der Waals surface area (Å²) in [5.41, 5.74) is 3.29. The van der Waals surface area contributed by atoms with Crippen LogP contribution >= 0.6 is 0 Å². The molecule has 2 aliphatic rings. The highest BCUT2D eigenvalue weighted by molar-refractivity contribution is 6.06. The van der Waals surface area contributed by atoms with Crippen LogP contribution in [-0.2, 0) is 11.3 Å². The molecule has 0 saturated heterocycles. The SMILES string of the molecule is CC12CCC(C(=O)C1=Cc1ccc(CNCCC(O)CO)cc1)C2(C)C. The number of ketones is 1. The summed E-state index contributed by atoms with van der Waals surface area (Å²) >= 11 is 0. The van der Waals surface area contributed by atoms with Crippen molar-refractivity contribution in [2.45, 2.75) is 52.7 Å². The number of carbonyl (C=O) groups excluding carboxylic acids is 1. The van der Waals surface area contributed by atoms with Gasteiger partial charge in [-0.15, -0.1) is 0 Å². The molecular formula is C22H31NO3. The zero-order valence-corrected chi connectivity index (χ0v) is 16.1. The van der Waals surface area contributed by atoms with Crippen LogP contribution in [0, 0.1) is 16.7 Å². The molecule has 2 fully saturated rings. The van der Waals surface area contributed by atoms with Crippen LogP contribution in [0.4, 0.5) is 0 Å². The van der Waals surface area contributed by atoms with Crippen LogP contribution in [0.3, 0.4) is 0 Å². The molecule has 0 aliphatic heterocycles. The second kappa shape index (κ2) is 7.26. The quantitative estimate of drug-likeness (QED) is 0.518. The van der Waals surface area contributed by atoms with E-state index >= 15 is 0 Å². The van der Waals surface area contributed by atoms with Crippen LogP contribution < -0.4 is 5.32 Å². The van der Waals surface area contributed by atoms with Gasteiger partial charge in [-0.25, -0.2) is 0 Å². The molecule has 26 heavy (non-hydrogen) atoms. The third-order valence-electron chi connectivity index (χ3n) is 6.89. The summed E-state index contributed by atoms with van der Waals surface area (Å²) in [5, 5.41) is 21.4. The Morgan fingerprint density at radius 2 is 1.96 bits per heavy atom. The molecule has 1 aromatic rings. The lowest BCUT2D eigenvalue weighted by molar-refractivity contribution is -0.119. The van der Waals surface area contributed by atoms with Gasteiger partial charge in [-0.05, 0) is 48.4 Å². The molecule has 2 bridgehead atoms. The van der Waals surface area contributed by atoms with Gasteiger partial charge in [0, 0.05) is 23.5 Å². The van der Waals surface area contributed by atoms with Crippen molar-refractivity contribution in [2.24, 2.45) is 16.7 Å². The van der Waals surface area contributed by atoms with Crippen molar-refractivity contribution >= 4 is 11.9 Å². The first-order chi connectivity index (χ1) is 12.3. The summed E-state index contributed by atoms with van der Waals surface area (Å²) in [5.74, 6) is 0.522. The predicted molar refractivity (Wildman–Crippen MR) is 103 cm³/mol. The van der Waals surface area contributed by atoms with E-state index in [0.29, 0.717) is 18.7 Å². The van der Waals surface area contributed by atoms with Crippen molar-refractivity contribution in [1.82, 2.24) is 5.32 Å². The first kappa shape index (κ1) is 19.3. The maximum absolute atomic E-state index is 12.8. The van der Waals surface area contributed by atoms with Crippen molar-refractivity contribution < 1.29 is 15.0 Å².